The number of benzene rings is 2. The molecule has 4 rings (SSSR count). The van der Waals surface area contributed by atoms with Crippen molar-refractivity contribution in [1.29, 1.82) is 0 Å². The summed E-state index contributed by atoms with van der Waals surface area (Å²) in [5.74, 6) is 2.45. The number of aryl methyl sites for hydroxylation is 1. The Hall–Kier alpha value is -2.86. The number of rotatable bonds is 6. The first-order valence-corrected chi connectivity index (χ1v) is 10.2. The number of hydrogen-bond acceptors (Lipinski definition) is 4. The van der Waals surface area contributed by atoms with E-state index in [4.69, 9.17) is 4.74 Å². The Labute approximate surface area is 171 Å². The fourth-order valence-corrected chi connectivity index (χ4v) is 4.12. The Kier molecular flexibility index (Phi) is 5.81. The molecule has 0 bridgehead atoms. The SMILES string of the molecule is COc1cccc(NC(=O)CN2CCC(Cn3c(C)nc4ccccc43)CC2)c1. The number of para-hydroxylation sites is 2. The lowest BCUT2D eigenvalue weighted by molar-refractivity contribution is -0.117. The molecule has 1 aromatic heterocycles. The Morgan fingerprint density at radius 1 is 1.17 bits per heavy atom. The molecule has 0 atom stereocenters. The number of aromatic nitrogens is 2. The molecule has 1 N–H and O–H groups in total. The van der Waals surface area contributed by atoms with Crippen LogP contribution in [0.2, 0.25) is 0 Å². The number of likely N-dealkylation sites (tertiary alicyclic amines) is 1. The van der Waals surface area contributed by atoms with Gasteiger partial charge in [0.15, 0.2) is 0 Å². The highest BCUT2D eigenvalue weighted by molar-refractivity contribution is 5.92. The number of hydrogen-bond donors (Lipinski definition) is 1. The minimum atomic E-state index is 0.0214. The monoisotopic (exact) mass is 392 g/mol. The van der Waals surface area contributed by atoms with Gasteiger partial charge in [-0.25, -0.2) is 4.98 Å². The number of nitrogens with zero attached hydrogens (tertiary/aromatic N) is 3. The zero-order valence-electron chi connectivity index (χ0n) is 17.1. The van der Waals surface area contributed by atoms with Crippen LogP contribution >= 0.6 is 0 Å². The van der Waals surface area contributed by atoms with E-state index in [0.29, 0.717) is 12.5 Å². The smallest absolute Gasteiger partial charge is 0.238 e. The van der Waals surface area contributed by atoms with Gasteiger partial charge in [0.25, 0.3) is 0 Å². The quantitative estimate of drug-likeness (QED) is 0.695. The average Bonchev–Trinajstić information content (AvgIpc) is 3.04. The van der Waals surface area contributed by atoms with Gasteiger partial charge in [-0.15, -0.1) is 0 Å². The van der Waals surface area contributed by atoms with Crippen molar-refractivity contribution >= 4 is 22.6 Å². The molecule has 0 spiro atoms. The highest BCUT2D eigenvalue weighted by Gasteiger charge is 2.22. The summed E-state index contributed by atoms with van der Waals surface area (Å²) in [7, 11) is 1.62. The fraction of sp³-hybridized carbons (Fsp3) is 0.391. The van der Waals surface area contributed by atoms with Crippen molar-refractivity contribution < 1.29 is 9.53 Å². The third kappa shape index (κ3) is 4.59. The van der Waals surface area contributed by atoms with Crippen molar-refractivity contribution in [3.05, 3.63) is 54.4 Å². The van der Waals surface area contributed by atoms with Crippen LogP contribution in [0.3, 0.4) is 0 Å². The Morgan fingerprint density at radius 2 is 1.97 bits per heavy atom. The first kappa shape index (κ1) is 19.5. The van der Waals surface area contributed by atoms with E-state index in [0.717, 1.165) is 55.3 Å². The lowest BCUT2D eigenvalue weighted by atomic mass is 9.96. The Morgan fingerprint density at radius 3 is 2.76 bits per heavy atom. The van der Waals surface area contributed by atoms with Gasteiger partial charge >= 0.3 is 0 Å². The van der Waals surface area contributed by atoms with Crippen molar-refractivity contribution in [1.82, 2.24) is 14.5 Å². The number of fused-ring (bicyclic) bond motifs is 1. The number of nitrogens with one attached hydrogen (secondary N) is 1. The highest BCUT2D eigenvalue weighted by Crippen LogP contribution is 2.23. The second-order valence-electron chi connectivity index (χ2n) is 7.76. The molecule has 2 aromatic carbocycles. The molecule has 3 aromatic rings. The van der Waals surface area contributed by atoms with Crippen LogP contribution in [-0.2, 0) is 11.3 Å². The average molecular weight is 393 g/mol. The van der Waals surface area contributed by atoms with Gasteiger partial charge in [0.1, 0.15) is 11.6 Å². The minimum absolute atomic E-state index is 0.0214. The van der Waals surface area contributed by atoms with E-state index in [2.05, 4.69) is 44.9 Å². The van der Waals surface area contributed by atoms with Crippen LogP contribution in [0.4, 0.5) is 5.69 Å². The normalized spacial score (nSPS) is 15.5. The van der Waals surface area contributed by atoms with Gasteiger partial charge < -0.3 is 14.6 Å². The summed E-state index contributed by atoms with van der Waals surface area (Å²) in [6, 6.07) is 15.8. The molecule has 6 heteroatoms. The Bertz CT molecular complexity index is 989. The van der Waals surface area contributed by atoms with Crippen molar-refractivity contribution in [3.8, 4) is 5.75 Å². The number of carbonyl (C=O) groups excluding carboxylic acids is 1. The van der Waals surface area contributed by atoms with Gasteiger partial charge in [-0.05, 0) is 63.0 Å². The first-order valence-electron chi connectivity index (χ1n) is 10.2. The van der Waals surface area contributed by atoms with Gasteiger partial charge in [0.05, 0.1) is 24.7 Å². The Balaban J connectivity index is 1.29. The van der Waals surface area contributed by atoms with E-state index >= 15 is 0 Å². The van der Waals surface area contributed by atoms with Crippen LogP contribution < -0.4 is 10.1 Å². The lowest BCUT2D eigenvalue weighted by Crippen LogP contribution is -2.40. The zero-order chi connectivity index (χ0) is 20.2. The van der Waals surface area contributed by atoms with Crippen LogP contribution in [0.1, 0.15) is 18.7 Å². The van der Waals surface area contributed by atoms with Crippen molar-refractivity contribution in [2.45, 2.75) is 26.3 Å². The van der Waals surface area contributed by atoms with E-state index in [1.54, 1.807) is 7.11 Å². The molecular weight excluding hydrogens is 364 g/mol. The third-order valence-corrected chi connectivity index (χ3v) is 5.71. The van der Waals surface area contributed by atoms with Crippen LogP contribution in [0.5, 0.6) is 5.75 Å². The van der Waals surface area contributed by atoms with E-state index in [1.165, 1.54) is 5.52 Å². The van der Waals surface area contributed by atoms with Gasteiger partial charge in [-0.3, -0.25) is 9.69 Å². The lowest BCUT2D eigenvalue weighted by Gasteiger charge is -2.31. The fourth-order valence-electron chi connectivity index (χ4n) is 4.12. The first-order chi connectivity index (χ1) is 14.1. The number of amides is 1. The number of anilines is 1. The summed E-state index contributed by atoms with van der Waals surface area (Å²) < 4.78 is 7.55. The number of methoxy groups -OCH3 is 1. The summed E-state index contributed by atoms with van der Waals surface area (Å²) in [5, 5.41) is 2.97. The number of carbonyl (C=O) groups is 1. The molecule has 0 unspecified atom stereocenters. The van der Waals surface area contributed by atoms with Crippen LogP contribution in [0, 0.1) is 12.8 Å². The van der Waals surface area contributed by atoms with Crippen molar-refractivity contribution in [2.24, 2.45) is 5.92 Å². The summed E-state index contributed by atoms with van der Waals surface area (Å²) >= 11 is 0. The molecule has 0 aliphatic carbocycles. The molecule has 1 aliphatic heterocycles. The van der Waals surface area contributed by atoms with E-state index in [1.807, 2.05) is 30.3 Å². The molecule has 6 nitrogen and oxygen atoms in total. The predicted molar refractivity (Wildman–Crippen MR) is 115 cm³/mol. The number of piperidine rings is 1. The molecular formula is C23H28N4O2. The molecule has 1 amide bonds. The second-order valence-corrected chi connectivity index (χ2v) is 7.76. The zero-order valence-corrected chi connectivity index (χ0v) is 17.1. The van der Waals surface area contributed by atoms with Gasteiger partial charge in [0, 0.05) is 18.3 Å². The molecule has 0 radical (unpaired) electrons. The summed E-state index contributed by atoms with van der Waals surface area (Å²) in [6.07, 6.45) is 2.19. The molecule has 29 heavy (non-hydrogen) atoms. The standard InChI is InChI=1S/C23H28N4O2/c1-17-24-21-8-3-4-9-22(21)27(17)15-18-10-12-26(13-11-18)16-23(28)25-19-6-5-7-20(14-19)29-2/h3-9,14,18H,10-13,15-16H2,1-2H3,(H,25,28). The van der Waals surface area contributed by atoms with Crippen molar-refractivity contribution in [3.63, 3.8) is 0 Å². The number of ether oxygens (including phenoxy) is 1. The van der Waals surface area contributed by atoms with Crippen LogP contribution in [-0.4, -0.2) is 47.1 Å². The van der Waals surface area contributed by atoms with Crippen LogP contribution in [0.25, 0.3) is 11.0 Å². The molecule has 0 saturated carbocycles. The molecule has 1 saturated heterocycles. The van der Waals surface area contributed by atoms with Crippen LogP contribution in [0.15, 0.2) is 48.5 Å². The van der Waals surface area contributed by atoms with Crippen molar-refractivity contribution in [2.75, 3.05) is 32.1 Å². The minimum Gasteiger partial charge on any atom is -0.497 e. The molecule has 1 fully saturated rings. The maximum absolute atomic E-state index is 12.4. The molecule has 1 aliphatic rings. The van der Waals surface area contributed by atoms with Gasteiger partial charge in [0.2, 0.25) is 5.91 Å². The largest absolute Gasteiger partial charge is 0.497 e. The number of imidazole rings is 1. The van der Waals surface area contributed by atoms with Gasteiger partial charge in [-0.1, -0.05) is 18.2 Å². The third-order valence-electron chi connectivity index (χ3n) is 5.71. The summed E-state index contributed by atoms with van der Waals surface area (Å²) in [5.41, 5.74) is 3.05. The van der Waals surface area contributed by atoms with Gasteiger partial charge in [-0.2, -0.15) is 0 Å². The topological polar surface area (TPSA) is 59.4 Å². The molecule has 152 valence electrons. The van der Waals surface area contributed by atoms with E-state index in [-0.39, 0.29) is 5.91 Å². The maximum Gasteiger partial charge on any atom is 0.238 e. The summed E-state index contributed by atoms with van der Waals surface area (Å²) in [6.45, 7) is 5.40. The highest BCUT2D eigenvalue weighted by atomic mass is 16.5. The van der Waals surface area contributed by atoms with E-state index < -0.39 is 0 Å². The second kappa shape index (κ2) is 8.66. The summed E-state index contributed by atoms with van der Waals surface area (Å²) in [4.78, 5) is 19.3. The van der Waals surface area contributed by atoms with E-state index in [9.17, 15) is 4.79 Å². The predicted octanol–water partition coefficient (Wildman–Crippen LogP) is 3.70. The molecule has 2 heterocycles. The maximum atomic E-state index is 12.4.